The largest absolute Gasteiger partial charge is 0.497 e. The molecule has 2 amide bonds. The molecule has 0 aromatic heterocycles. The zero-order chi connectivity index (χ0) is 17.5. The van der Waals surface area contributed by atoms with Crippen molar-refractivity contribution in [1.82, 2.24) is 10.2 Å². The molecule has 132 valence electrons. The lowest BCUT2D eigenvalue weighted by Crippen LogP contribution is -2.39. The average Bonchev–Trinajstić information content (AvgIpc) is 2.61. The molecule has 1 N–H and O–H groups in total. The van der Waals surface area contributed by atoms with Crippen LogP contribution in [0.25, 0.3) is 0 Å². The summed E-state index contributed by atoms with van der Waals surface area (Å²) in [6.45, 7) is 5.99. The summed E-state index contributed by atoms with van der Waals surface area (Å²) >= 11 is 0. The van der Waals surface area contributed by atoms with E-state index < -0.39 is 0 Å². The molecule has 1 aliphatic rings. The van der Waals surface area contributed by atoms with E-state index in [0.29, 0.717) is 39.1 Å². The maximum Gasteiger partial charge on any atom is 0.226 e. The van der Waals surface area contributed by atoms with Gasteiger partial charge in [-0.15, -0.1) is 0 Å². The molecule has 1 aromatic carbocycles. The van der Waals surface area contributed by atoms with Gasteiger partial charge in [0.25, 0.3) is 0 Å². The maximum absolute atomic E-state index is 12.3. The van der Waals surface area contributed by atoms with Crippen molar-refractivity contribution in [2.24, 2.45) is 5.92 Å². The minimum absolute atomic E-state index is 0.0659. The lowest BCUT2D eigenvalue weighted by Gasteiger charge is -2.25. The number of ether oxygens (including phenoxy) is 2. The van der Waals surface area contributed by atoms with Crippen LogP contribution in [0.1, 0.15) is 25.8 Å². The molecule has 6 heteroatoms. The first-order chi connectivity index (χ1) is 11.6. The molecule has 0 saturated heterocycles. The highest BCUT2D eigenvalue weighted by Gasteiger charge is 2.26. The third kappa shape index (κ3) is 4.40. The van der Waals surface area contributed by atoms with Crippen molar-refractivity contribution in [2.45, 2.75) is 26.7 Å². The molecule has 1 atom stereocenters. The minimum Gasteiger partial charge on any atom is -0.497 e. The van der Waals surface area contributed by atoms with E-state index >= 15 is 0 Å². The summed E-state index contributed by atoms with van der Waals surface area (Å²) in [7, 11) is 1.61. The highest BCUT2D eigenvalue weighted by atomic mass is 16.5. The SMILES string of the molecule is CCN(CC)C(=O)CCNC(=O)C1COc2cc(OC)ccc2C1. The maximum atomic E-state index is 12.3. The Hall–Kier alpha value is -2.24. The van der Waals surface area contributed by atoms with E-state index in [9.17, 15) is 9.59 Å². The van der Waals surface area contributed by atoms with E-state index in [4.69, 9.17) is 9.47 Å². The number of hydrogen-bond donors (Lipinski definition) is 1. The van der Waals surface area contributed by atoms with Gasteiger partial charge in [0.1, 0.15) is 18.1 Å². The van der Waals surface area contributed by atoms with Crippen molar-refractivity contribution in [3.8, 4) is 11.5 Å². The predicted molar refractivity (Wildman–Crippen MR) is 91.2 cm³/mol. The molecule has 0 radical (unpaired) electrons. The topological polar surface area (TPSA) is 67.9 Å². The molecule has 0 aliphatic carbocycles. The Balaban J connectivity index is 1.82. The minimum atomic E-state index is -0.227. The van der Waals surface area contributed by atoms with Crippen LogP contribution in [0.2, 0.25) is 0 Å². The fourth-order valence-corrected chi connectivity index (χ4v) is 2.82. The highest BCUT2D eigenvalue weighted by molar-refractivity contribution is 5.81. The lowest BCUT2D eigenvalue weighted by atomic mass is 9.96. The van der Waals surface area contributed by atoms with Crippen molar-refractivity contribution >= 4 is 11.8 Å². The van der Waals surface area contributed by atoms with Crippen LogP contribution < -0.4 is 14.8 Å². The molecule has 1 aliphatic heterocycles. The Bertz CT molecular complexity index is 584. The molecular weight excluding hydrogens is 308 g/mol. The summed E-state index contributed by atoms with van der Waals surface area (Å²) in [5, 5.41) is 2.85. The van der Waals surface area contributed by atoms with Crippen LogP contribution in [-0.4, -0.2) is 50.1 Å². The van der Waals surface area contributed by atoms with Crippen LogP contribution in [0.3, 0.4) is 0 Å². The standard InChI is InChI=1S/C18H26N2O4/c1-4-20(5-2)17(21)8-9-19-18(22)14-10-13-6-7-15(23-3)11-16(13)24-12-14/h6-7,11,14H,4-5,8-10,12H2,1-3H3,(H,19,22). The number of benzene rings is 1. The fourth-order valence-electron chi connectivity index (χ4n) is 2.82. The summed E-state index contributed by atoms with van der Waals surface area (Å²) in [5.41, 5.74) is 1.00. The van der Waals surface area contributed by atoms with Crippen molar-refractivity contribution in [3.63, 3.8) is 0 Å². The van der Waals surface area contributed by atoms with E-state index in [1.54, 1.807) is 12.0 Å². The smallest absolute Gasteiger partial charge is 0.226 e. The van der Waals surface area contributed by atoms with Crippen molar-refractivity contribution in [1.29, 1.82) is 0 Å². The van der Waals surface area contributed by atoms with Crippen LogP contribution in [0.15, 0.2) is 18.2 Å². The Labute approximate surface area is 143 Å². The predicted octanol–water partition coefficient (Wildman–Crippen LogP) is 1.62. The number of nitrogens with zero attached hydrogens (tertiary/aromatic N) is 1. The van der Waals surface area contributed by atoms with Crippen molar-refractivity contribution in [3.05, 3.63) is 23.8 Å². The zero-order valence-electron chi connectivity index (χ0n) is 14.6. The number of carbonyl (C=O) groups excluding carboxylic acids is 2. The average molecular weight is 334 g/mol. The van der Waals surface area contributed by atoms with Gasteiger partial charge in [-0.2, -0.15) is 0 Å². The second-order valence-corrected chi connectivity index (χ2v) is 5.79. The summed E-state index contributed by atoms with van der Waals surface area (Å²) in [6.07, 6.45) is 0.962. The normalized spacial score (nSPS) is 15.9. The summed E-state index contributed by atoms with van der Waals surface area (Å²) in [4.78, 5) is 26.0. The van der Waals surface area contributed by atoms with Crippen LogP contribution >= 0.6 is 0 Å². The molecule has 24 heavy (non-hydrogen) atoms. The number of hydrogen-bond acceptors (Lipinski definition) is 4. The van der Waals surface area contributed by atoms with Gasteiger partial charge in [-0.3, -0.25) is 9.59 Å². The van der Waals surface area contributed by atoms with Crippen molar-refractivity contribution in [2.75, 3.05) is 33.4 Å². The molecular formula is C18H26N2O4. The number of methoxy groups -OCH3 is 1. The van der Waals surface area contributed by atoms with Gasteiger partial charge in [-0.1, -0.05) is 6.07 Å². The molecule has 0 bridgehead atoms. The number of rotatable bonds is 7. The van der Waals surface area contributed by atoms with Crippen LogP contribution in [-0.2, 0) is 16.0 Å². The Morgan fingerprint density at radius 1 is 1.33 bits per heavy atom. The lowest BCUT2D eigenvalue weighted by molar-refractivity contribution is -0.131. The first-order valence-corrected chi connectivity index (χ1v) is 8.44. The second kappa shape index (κ2) is 8.57. The summed E-state index contributed by atoms with van der Waals surface area (Å²) in [6, 6.07) is 5.63. The zero-order valence-corrected chi connectivity index (χ0v) is 14.6. The molecule has 2 rings (SSSR count). The first kappa shape index (κ1) is 18.1. The first-order valence-electron chi connectivity index (χ1n) is 8.44. The summed E-state index contributed by atoms with van der Waals surface area (Å²) in [5.74, 6) is 1.29. The monoisotopic (exact) mass is 334 g/mol. The van der Waals surface area contributed by atoms with Crippen molar-refractivity contribution < 1.29 is 19.1 Å². The highest BCUT2D eigenvalue weighted by Crippen LogP contribution is 2.30. The number of fused-ring (bicyclic) bond motifs is 1. The van der Waals surface area contributed by atoms with Gasteiger partial charge in [0.05, 0.1) is 13.0 Å². The van der Waals surface area contributed by atoms with E-state index in [-0.39, 0.29) is 17.7 Å². The molecule has 0 fully saturated rings. The van der Waals surface area contributed by atoms with Crippen LogP contribution in [0.4, 0.5) is 0 Å². The molecule has 0 saturated carbocycles. The molecule has 1 unspecified atom stereocenters. The molecule has 0 spiro atoms. The van der Waals surface area contributed by atoms with Gasteiger partial charge in [0.15, 0.2) is 0 Å². The van der Waals surface area contributed by atoms with E-state index in [0.717, 1.165) is 17.1 Å². The molecule has 1 aromatic rings. The second-order valence-electron chi connectivity index (χ2n) is 5.79. The van der Waals surface area contributed by atoms with E-state index in [2.05, 4.69) is 5.32 Å². The third-order valence-corrected chi connectivity index (χ3v) is 4.31. The Morgan fingerprint density at radius 3 is 2.75 bits per heavy atom. The molecule has 6 nitrogen and oxygen atoms in total. The quantitative estimate of drug-likeness (QED) is 0.823. The van der Waals surface area contributed by atoms with Crippen LogP contribution in [0, 0.1) is 5.92 Å². The van der Waals surface area contributed by atoms with Gasteiger partial charge in [0.2, 0.25) is 11.8 Å². The van der Waals surface area contributed by atoms with Gasteiger partial charge in [0, 0.05) is 32.1 Å². The van der Waals surface area contributed by atoms with Gasteiger partial charge < -0.3 is 19.7 Å². The molecule has 1 heterocycles. The van der Waals surface area contributed by atoms with Gasteiger partial charge in [-0.05, 0) is 31.9 Å². The van der Waals surface area contributed by atoms with E-state index in [1.807, 2.05) is 32.0 Å². The third-order valence-electron chi connectivity index (χ3n) is 4.31. The fraction of sp³-hybridized carbons (Fsp3) is 0.556. The number of carbonyl (C=O) groups is 2. The van der Waals surface area contributed by atoms with Gasteiger partial charge >= 0.3 is 0 Å². The number of amides is 2. The number of nitrogens with one attached hydrogen (secondary N) is 1. The van der Waals surface area contributed by atoms with E-state index in [1.165, 1.54) is 0 Å². The Morgan fingerprint density at radius 2 is 2.08 bits per heavy atom. The van der Waals surface area contributed by atoms with Crippen LogP contribution in [0.5, 0.6) is 11.5 Å². The van der Waals surface area contributed by atoms with Gasteiger partial charge in [-0.25, -0.2) is 0 Å². The Kier molecular flexibility index (Phi) is 6.46. The summed E-state index contributed by atoms with van der Waals surface area (Å²) < 4.78 is 10.9.